The number of hydrogen-bond donors (Lipinski definition) is 1. The van der Waals surface area contributed by atoms with Gasteiger partial charge in [0, 0.05) is 28.9 Å². The number of hydrogen-bond acceptors (Lipinski definition) is 3. The number of aromatic nitrogens is 2. The number of para-hydroxylation sites is 1. The van der Waals surface area contributed by atoms with Gasteiger partial charge >= 0.3 is 15.5 Å². The van der Waals surface area contributed by atoms with E-state index >= 15 is 0 Å². The van der Waals surface area contributed by atoms with Gasteiger partial charge < -0.3 is 4.57 Å². The molecule has 0 radical (unpaired) electrons. The number of halogens is 3. The molecule has 0 unspecified atom stereocenters. The van der Waals surface area contributed by atoms with Crippen LogP contribution in [0.4, 0.5) is 18.9 Å². The maximum Gasteiger partial charge on any atom is 0.516 e. The minimum Gasteiger partial charge on any atom is -0.325 e. The summed E-state index contributed by atoms with van der Waals surface area (Å²) in [5.41, 5.74) is 0.614. The fraction of sp³-hybridized carbons (Fsp3) is 0.240. The molecule has 1 N–H and O–H groups in total. The molecule has 0 saturated heterocycles. The van der Waals surface area contributed by atoms with Crippen LogP contribution < -0.4 is 4.72 Å². The molecule has 2 aromatic carbocycles. The summed E-state index contributed by atoms with van der Waals surface area (Å²) in [4.78, 5) is 4.74. The summed E-state index contributed by atoms with van der Waals surface area (Å²) in [6.45, 7) is 6.72. The molecule has 0 aliphatic heterocycles. The highest BCUT2D eigenvalue weighted by molar-refractivity contribution is 7.93. The van der Waals surface area contributed by atoms with Crippen LogP contribution in [0.1, 0.15) is 29.4 Å². The zero-order valence-corrected chi connectivity index (χ0v) is 19.8. The Bertz CT molecular complexity index is 1460. The fourth-order valence-electron chi connectivity index (χ4n) is 4.06. The molecule has 9 heteroatoms. The minimum absolute atomic E-state index is 0.132. The van der Waals surface area contributed by atoms with Crippen molar-refractivity contribution in [2.45, 2.75) is 39.2 Å². The van der Waals surface area contributed by atoms with Crippen molar-refractivity contribution in [2.24, 2.45) is 0 Å². The van der Waals surface area contributed by atoms with Gasteiger partial charge in [0.15, 0.2) is 0 Å². The third-order valence-corrected chi connectivity index (χ3v) is 6.83. The zero-order chi connectivity index (χ0) is 24.7. The lowest BCUT2D eigenvalue weighted by atomic mass is 10.0. The van der Waals surface area contributed by atoms with Gasteiger partial charge in [0.25, 0.3) is 0 Å². The van der Waals surface area contributed by atoms with Crippen LogP contribution in [0.2, 0.25) is 0 Å². The molecule has 0 atom stereocenters. The number of anilines is 1. The Kier molecular flexibility index (Phi) is 6.16. The smallest absolute Gasteiger partial charge is 0.325 e. The molecule has 0 spiro atoms. The number of benzene rings is 2. The van der Waals surface area contributed by atoms with E-state index in [0.29, 0.717) is 17.7 Å². The van der Waals surface area contributed by atoms with Gasteiger partial charge in [0.1, 0.15) is 5.65 Å². The molecule has 0 saturated carbocycles. The number of alkyl halides is 3. The predicted octanol–water partition coefficient (Wildman–Crippen LogP) is 6.19. The van der Waals surface area contributed by atoms with E-state index in [1.807, 2.05) is 19.1 Å². The normalized spacial score (nSPS) is 12.3. The first-order valence-corrected chi connectivity index (χ1v) is 12.2. The number of aryl methyl sites for hydroxylation is 3. The Labute approximate surface area is 196 Å². The molecule has 0 fully saturated rings. The molecule has 5 nitrogen and oxygen atoms in total. The highest BCUT2D eigenvalue weighted by atomic mass is 32.2. The molecule has 0 amide bonds. The number of nitrogens with zero attached hydrogens (tertiary/aromatic N) is 2. The minimum atomic E-state index is -5.52. The Morgan fingerprint density at radius 3 is 2.32 bits per heavy atom. The summed E-state index contributed by atoms with van der Waals surface area (Å²) < 4.78 is 65.6. The van der Waals surface area contributed by atoms with Crippen molar-refractivity contribution in [3.05, 3.63) is 83.2 Å². The van der Waals surface area contributed by atoms with E-state index in [-0.39, 0.29) is 5.69 Å². The Morgan fingerprint density at radius 1 is 1.00 bits per heavy atom. The van der Waals surface area contributed by atoms with Crippen LogP contribution in [-0.4, -0.2) is 23.5 Å². The van der Waals surface area contributed by atoms with Crippen LogP contribution in [0.25, 0.3) is 22.2 Å². The fourth-order valence-corrected chi connectivity index (χ4v) is 4.64. The molecule has 0 bridgehead atoms. The van der Waals surface area contributed by atoms with E-state index in [9.17, 15) is 21.6 Å². The van der Waals surface area contributed by atoms with Crippen molar-refractivity contribution < 1.29 is 21.6 Å². The van der Waals surface area contributed by atoms with Crippen LogP contribution in [0, 0.1) is 13.8 Å². The average Bonchev–Trinajstić information content (AvgIpc) is 3.11. The molecule has 0 aliphatic carbocycles. The molecule has 4 rings (SSSR count). The van der Waals surface area contributed by atoms with Crippen LogP contribution >= 0.6 is 0 Å². The summed E-state index contributed by atoms with van der Waals surface area (Å²) in [7, 11) is -5.52. The second kappa shape index (κ2) is 8.79. The lowest BCUT2D eigenvalue weighted by Crippen LogP contribution is -2.30. The van der Waals surface area contributed by atoms with E-state index in [0.717, 1.165) is 34.4 Å². The summed E-state index contributed by atoms with van der Waals surface area (Å²) in [5, 5.41) is 1.12. The third kappa shape index (κ3) is 4.52. The van der Waals surface area contributed by atoms with Crippen LogP contribution in [0.5, 0.6) is 0 Å². The number of rotatable bonds is 6. The van der Waals surface area contributed by atoms with Crippen molar-refractivity contribution in [1.82, 2.24) is 9.55 Å². The van der Waals surface area contributed by atoms with E-state index in [1.54, 1.807) is 29.0 Å². The summed E-state index contributed by atoms with van der Waals surface area (Å²) in [6.07, 6.45) is 0.847. The molecule has 2 aromatic heterocycles. The molecule has 178 valence electrons. The largest absolute Gasteiger partial charge is 0.516 e. The maximum atomic E-state index is 12.9. The van der Waals surface area contributed by atoms with E-state index in [4.69, 9.17) is 4.98 Å². The number of nitrogens with one attached hydrogen (secondary N) is 1. The SMILES string of the molecule is CCc1cc2c(C)cc(C)nc2n1Cc1ccc(-c2ccccc2NS(=O)(=O)C(F)(F)F)cc1. The van der Waals surface area contributed by atoms with Crippen molar-refractivity contribution in [1.29, 1.82) is 0 Å². The molecule has 2 heterocycles. The quantitative estimate of drug-likeness (QED) is 0.353. The topological polar surface area (TPSA) is 64.0 Å². The standard InChI is InChI=1S/C25H24F3N3O2S/c1-4-20-14-22-16(2)13-17(3)29-24(22)31(20)15-18-9-11-19(12-10-18)21-7-5-6-8-23(21)30-34(32,33)25(26,27)28/h5-14,30H,4,15H2,1-3H3. The average molecular weight is 488 g/mol. The molecular formula is C25H24F3N3O2S. The summed E-state index contributed by atoms with van der Waals surface area (Å²) in [5.74, 6) is 0. The van der Waals surface area contributed by atoms with Gasteiger partial charge in [-0.05, 0) is 55.2 Å². The van der Waals surface area contributed by atoms with Gasteiger partial charge in [-0.15, -0.1) is 0 Å². The van der Waals surface area contributed by atoms with Crippen LogP contribution in [0.15, 0.2) is 60.7 Å². The number of fused-ring (bicyclic) bond motifs is 1. The molecule has 4 aromatic rings. The van der Waals surface area contributed by atoms with Gasteiger partial charge in [0.2, 0.25) is 0 Å². The van der Waals surface area contributed by atoms with Crippen molar-refractivity contribution in [2.75, 3.05) is 4.72 Å². The maximum absolute atomic E-state index is 12.9. The van der Waals surface area contributed by atoms with Gasteiger partial charge in [-0.2, -0.15) is 21.6 Å². The molecule has 34 heavy (non-hydrogen) atoms. The third-order valence-electron chi connectivity index (χ3n) is 5.73. The Morgan fingerprint density at radius 2 is 1.68 bits per heavy atom. The van der Waals surface area contributed by atoms with Crippen LogP contribution in [-0.2, 0) is 23.0 Å². The summed E-state index contributed by atoms with van der Waals surface area (Å²) >= 11 is 0. The van der Waals surface area contributed by atoms with Gasteiger partial charge in [-0.3, -0.25) is 4.72 Å². The highest BCUT2D eigenvalue weighted by Crippen LogP contribution is 2.32. The van der Waals surface area contributed by atoms with Crippen molar-refractivity contribution in [3.63, 3.8) is 0 Å². The van der Waals surface area contributed by atoms with E-state index in [1.165, 1.54) is 17.7 Å². The lowest BCUT2D eigenvalue weighted by molar-refractivity contribution is -0.0429. The second-order valence-electron chi connectivity index (χ2n) is 8.19. The number of sulfonamides is 1. The first-order valence-electron chi connectivity index (χ1n) is 10.7. The number of pyridine rings is 1. The van der Waals surface area contributed by atoms with Crippen LogP contribution in [0.3, 0.4) is 0 Å². The first kappa shape index (κ1) is 23.8. The van der Waals surface area contributed by atoms with Gasteiger partial charge in [-0.1, -0.05) is 49.4 Å². The van der Waals surface area contributed by atoms with Crippen molar-refractivity contribution >= 4 is 26.7 Å². The lowest BCUT2D eigenvalue weighted by Gasteiger charge is -2.15. The first-order chi connectivity index (χ1) is 16.0. The Hall–Kier alpha value is -3.33. The van der Waals surface area contributed by atoms with Crippen molar-refractivity contribution in [3.8, 4) is 11.1 Å². The highest BCUT2D eigenvalue weighted by Gasteiger charge is 2.46. The summed E-state index contributed by atoms with van der Waals surface area (Å²) in [6, 6.07) is 17.6. The zero-order valence-electron chi connectivity index (χ0n) is 18.9. The van der Waals surface area contributed by atoms with E-state index in [2.05, 4.69) is 30.5 Å². The van der Waals surface area contributed by atoms with E-state index < -0.39 is 15.5 Å². The molecular weight excluding hydrogens is 463 g/mol. The van der Waals surface area contributed by atoms with Gasteiger partial charge in [0.05, 0.1) is 5.69 Å². The second-order valence-corrected chi connectivity index (χ2v) is 9.86. The Balaban J connectivity index is 1.67. The predicted molar refractivity (Wildman–Crippen MR) is 128 cm³/mol. The monoisotopic (exact) mass is 487 g/mol. The molecule has 0 aliphatic rings. The van der Waals surface area contributed by atoms with Gasteiger partial charge in [-0.25, -0.2) is 4.98 Å².